The first kappa shape index (κ1) is 30.5. The van der Waals surface area contributed by atoms with E-state index in [9.17, 15) is 10.2 Å². The molecule has 0 aliphatic carbocycles. The summed E-state index contributed by atoms with van der Waals surface area (Å²) in [6.07, 6.45) is 11.9. The van der Waals surface area contributed by atoms with Crippen molar-refractivity contribution >= 4 is 0 Å². The fraction of sp³-hybridized carbons (Fsp3) is 0.263. The SMILES string of the molecule is C#Cc1ccc(C(c2ccc(C#C)cc2)[C@H](C)O)cc1.CCc1ccc(C(c2ccc(CC)cc2)[C@H](C)O)cc1. The van der Waals surface area contributed by atoms with Gasteiger partial charge in [-0.05, 0) is 84.3 Å². The van der Waals surface area contributed by atoms with E-state index in [1.165, 1.54) is 22.3 Å². The first-order chi connectivity index (χ1) is 19.3. The van der Waals surface area contributed by atoms with E-state index < -0.39 is 12.2 Å². The lowest BCUT2D eigenvalue weighted by Crippen LogP contribution is -2.16. The molecule has 0 aliphatic heterocycles. The van der Waals surface area contributed by atoms with Gasteiger partial charge in [-0.15, -0.1) is 12.8 Å². The second kappa shape index (κ2) is 14.9. The van der Waals surface area contributed by atoms with Crippen molar-refractivity contribution in [2.75, 3.05) is 0 Å². The van der Waals surface area contributed by atoms with Crippen LogP contribution in [0.15, 0.2) is 97.1 Å². The third-order valence-corrected chi connectivity index (χ3v) is 7.33. The van der Waals surface area contributed by atoms with Gasteiger partial charge in [-0.3, -0.25) is 0 Å². The van der Waals surface area contributed by atoms with E-state index in [0.717, 1.165) is 35.1 Å². The van der Waals surface area contributed by atoms with Gasteiger partial charge >= 0.3 is 0 Å². The lowest BCUT2D eigenvalue weighted by atomic mass is 9.86. The molecule has 0 bridgehead atoms. The third-order valence-electron chi connectivity index (χ3n) is 7.33. The minimum absolute atomic E-state index is 0.0480. The Morgan fingerprint density at radius 3 is 0.950 bits per heavy atom. The molecule has 204 valence electrons. The van der Waals surface area contributed by atoms with Crippen LogP contribution in [0.25, 0.3) is 0 Å². The van der Waals surface area contributed by atoms with E-state index >= 15 is 0 Å². The molecule has 0 radical (unpaired) electrons. The highest BCUT2D eigenvalue weighted by atomic mass is 16.3. The molecule has 0 heterocycles. The van der Waals surface area contributed by atoms with Crippen LogP contribution in [0, 0.1) is 24.7 Å². The Morgan fingerprint density at radius 2 is 0.750 bits per heavy atom. The van der Waals surface area contributed by atoms with Crippen molar-refractivity contribution in [2.24, 2.45) is 0 Å². The Kier molecular flexibility index (Phi) is 11.4. The van der Waals surface area contributed by atoms with Crippen molar-refractivity contribution < 1.29 is 10.2 Å². The number of hydrogen-bond donors (Lipinski definition) is 2. The standard InChI is InChI=1S/C19H24O.C19H16O/c2*1-4-15-6-10-17(11-7-15)19(14(3)20)18-12-8-16(5-2)9-13-18/h6-14,19-20H,4-5H2,1-3H3;1-2,6-14,19-20H,3H3/t2*14-/m00/s1. The van der Waals surface area contributed by atoms with Gasteiger partial charge in [0.2, 0.25) is 0 Å². The van der Waals surface area contributed by atoms with Gasteiger partial charge in [0.15, 0.2) is 0 Å². The molecule has 4 aromatic carbocycles. The van der Waals surface area contributed by atoms with Gasteiger partial charge in [-0.2, -0.15) is 0 Å². The van der Waals surface area contributed by atoms with Crippen molar-refractivity contribution in [3.8, 4) is 24.7 Å². The highest BCUT2D eigenvalue weighted by Crippen LogP contribution is 2.30. The molecule has 0 saturated heterocycles. The van der Waals surface area contributed by atoms with Crippen molar-refractivity contribution in [2.45, 2.75) is 64.6 Å². The molecular formula is C38H40O2. The Labute approximate surface area is 240 Å². The zero-order valence-electron chi connectivity index (χ0n) is 24.0. The second-order valence-electron chi connectivity index (χ2n) is 10.2. The maximum Gasteiger partial charge on any atom is 0.0621 e. The summed E-state index contributed by atoms with van der Waals surface area (Å²) in [4.78, 5) is 0. The molecule has 4 aromatic rings. The average Bonchev–Trinajstić information content (AvgIpc) is 2.99. The first-order valence-electron chi connectivity index (χ1n) is 14.0. The Bertz CT molecular complexity index is 1290. The maximum absolute atomic E-state index is 10.2. The molecule has 0 saturated carbocycles. The largest absolute Gasteiger partial charge is 0.392 e. The predicted octanol–water partition coefficient (Wildman–Crippen LogP) is 7.49. The number of terminal acetylenes is 2. The molecule has 0 aliphatic rings. The lowest BCUT2D eigenvalue weighted by Gasteiger charge is -2.21. The van der Waals surface area contributed by atoms with E-state index in [1.807, 2.05) is 55.5 Å². The number of aliphatic hydroxyl groups is 2. The highest BCUT2D eigenvalue weighted by molar-refractivity contribution is 5.42. The molecule has 0 amide bonds. The molecule has 2 heteroatoms. The van der Waals surface area contributed by atoms with Crippen LogP contribution in [0.4, 0.5) is 0 Å². The number of hydrogen-bond acceptors (Lipinski definition) is 2. The van der Waals surface area contributed by atoms with Gasteiger partial charge < -0.3 is 10.2 Å². The summed E-state index contributed by atoms with van der Waals surface area (Å²) in [6.45, 7) is 7.97. The quantitative estimate of drug-likeness (QED) is 0.233. The number of rotatable bonds is 8. The van der Waals surface area contributed by atoms with Crippen LogP contribution in [0.3, 0.4) is 0 Å². The summed E-state index contributed by atoms with van der Waals surface area (Å²) >= 11 is 0. The van der Waals surface area contributed by atoms with Crippen molar-refractivity contribution in [3.63, 3.8) is 0 Å². The zero-order valence-corrected chi connectivity index (χ0v) is 24.0. The van der Waals surface area contributed by atoms with Crippen LogP contribution in [-0.2, 0) is 12.8 Å². The number of aliphatic hydroxyl groups excluding tert-OH is 2. The van der Waals surface area contributed by atoms with E-state index in [0.29, 0.717) is 0 Å². The molecule has 0 aromatic heterocycles. The number of benzene rings is 4. The molecule has 2 nitrogen and oxygen atoms in total. The smallest absolute Gasteiger partial charge is 0.0621 e. The molecule has 4 rings (SSSR count). The van der Waals surface area contributed by atoms with Gasteiger partial charge in [0, 0.05) is 23.0 Å². The molecule has 0 unspecified atom stereocenters. The van der Waals surface area contributed by atoms with Crippen molar-refractivity contribution in [3.05, 3.63) is 142 Å². The van der Waals surface area contributed by atoms with Crippen LogP contribution in [0.1, 0.15) is 84.0 Å². The molecule has 0 spiro atoms. The third kappa shape index (κ3) is 7.97. The Morgan fingerprint density at radius 1 is 0.500 bits per heavy atom. The van der Waals surface area contributed by atoms with E-state index in [1.54, 1.807) is 6.92 Å². The van der Waals surface area contributed by atoms with Gasteiger partial charge in [0.05, 0.1) is 12.2 Å². The summed E-state index contributed by atoms with van der Waals surface area (Å²) in [6, 6.07) is 32.6. The predicted molar refractivity (Wildman–Crippen MR) is 167 cm³/mol. The minimum atomic E-state index is -0.497. The first-order valence-corrected chi connectivity index (χ1v) is 14.0. The maximum atomic E-state index is 10.2. The summed E-state index contributed by atoms with van der Waals surface area (Å²) < 4.78 is 0. The zero-order chi connectivity index (χ0) is 29.1. The number of aryl methyl sites for hydroxylation is 2. The highest BCUT2D eigenvalue weighted by Gasteiger charge is 2.20. The Hall–Kier alpha value is -4.08. The molecular weight excluding hydrogens is 488 g/mol. The minimum Gasteiger partial charge on any atom is -0.392 e. The summed E-state index contributed by atoms with van der Waals surface area (Å²) in [5.74, 6) is 5.14. The molecule has 2 atom stereocenters. The summed E-state index contributed by atoms with van der Waals surface area (Å²) in [7, 11) is 0. The van der Waals surface area contributed by atoms with E-state index in [4.69, 9.17) is 12.8 Å². The van der Waals surface area contributed by atoms with Crippen molar-refractivity contribution in [1.29, 1.82) is 0 Å². The molecule has 0 fully saturated rings. The second-order valence-corrected chi connectivity index (χ2v) is 10.2. The van der Waals surface area contributed by atoms with Crippen molar-refractivity contribution in [1.82, 2.24) is 0 Å². The topological polar surface area (TPSA) is 40.5 Å². The van der Waals surface area contributed by atoms with Gasteiger partial charge in [-0.1, -0.05) is 98.5 Å². The van der Waals surface area contributed by atoms with Gasteiger partial charge in [0.1, 0.15) is 0 Å². The fourth-order valence-corrected chi connectivity index (χ4v) is 4.99. The average molecular weight is 529 g/mol. The lowest BCUT2D eigenvalue weighted by molar-refractivity contribution is 0.176. The van der Waals surface area contributed by atoms with E-state index in [-0.39, 0.29) is 11.8 Å². The molecule has 40 heavy (non-hydrogen) atoms. The Balaban J connectivity index is 0.000000220. The van der Waals surface area contributed by atoms with Crippen LogP contribution < -0.4 is 0 Å². The van der Waals surface area contributed by atoms with Crippen LogP contribution in [-0.4, -0.2) is 22.4 Å². The van der Waals surface area contributed by atoms with Gasteiger partial charge in [0.25, 0.3) is 0 Å². The summed E-state index contributed by atoms with van der Waals surface area (Å²) in [5.41, 5.74) is 8.77. The van der Waals surface area contributed by atoms with Gasteiger partial charge in [-0.25, -0.2) is 0 Å². The van der Waals surface area contributed by atoms with E-state index in [2.05, 4.69) is 74.2 Å². The van der Waals surface area contributed by atoms with Crippen LogP contribution >= 0.6 is 0 Å². The monoisotopic (exact) mass is 528 g/mol. The van der Waals surface area contributed by atoms with Crippen LogP contribution in [0.5, 0.6) is 0 Å². The normalized spacial score (nSPS) is 12.2. The van der Waals surface area contributed by atoms with Crippen LogP contribution in [0.2, 0.25) is 0 Å². The molecule has 2 N–H and O–H groups in total. The fourth-order valence-electron chi connectivity index (χ4n) is 4.99. The summed E-state index contributed by atoms with van der Waals surface area (Å²) in [5, 5.41) is 20.3.